The van der Waals surface area contributed by atoms with E-state index in [0.29, 0.717) is 0 Å². The molecule has 0 amide bonds. The Morgan fingerprint density at radius 3 is 1.67 bits per heavy atom. The molecule has 1 aromatic rings. The van der Waals surface area contributed by atoms with E-state index in [1.807, 2.05) is 0 Å². The molecular formula is C16H28OSi. The summed E-state index contributed by atoms with van der Waals surface area (Å²) >= 11 is 0. The van der Waals surface area contributed by atoms with Crippen molar-refractivity contribution in [1.82, 2.24) is 0 Å². The van der Waals surface area contributed by atoms with E-state index in [2.05, 4.69) is 71.9 Å². The second kappa shape index (κ2) is 5.18. The standard InChI is InChI=1S/C16H28OSi/c1-14(2,3)16(12-17-18,15(4,5)6)13-10-8-7-9-11-13/h7-11H,12H2,1-6,18H3. The summed E-state index contributed by atoms with van der Waals surface area (Å²) in [6.07, 6.45) is 0. The molecule has 1 aromatic carbocycles. The molecule has 0 aliphatic heterocycles. The molecule has 18 heavy (non-hydrogen) atoms. The highest BCUT2D eigenvalue weighted by Crippen LogP contribution is 2.53. The van der Waals surface area contributed by atoms with E-state index >= 15 is 0 Å². The van der Waals surface area contributed by atoms with Crippen LogP contribution in [-0.4, -0.2) is 17.1 Å². The summed E-state index contributed by atoms with van der Waals surface area (Å²) in [5.74, 6) is 0. The molecule has 0 N–H and O–H groups in total. The lowest BCUT2D eigenvalue weighted by Crippen LogP contribution is -2.53. The second-order valence-corrected chi connectivity index (χ2v) is 7.78. The van der Waals surface area contributed by atoms with Gasteiger partial charge >= 0.3 is 0 Å². The zero-order chi connectivity index (χ0) is 14.0. The van der Waals surface area contributed by atoms with Crippen molar-refractivity contribution in [3.63, 3.8) is 0 Å². The fraction of sp³-hybridized carbons (Fsp3) is 0.625. The number of rotatable bonds is 3. The van der Waals surface area contributed by atoms with E-state index in [4.69, 9.17) is 4.43 Å². The molecule has 0 aliphatic rings. The fourth-order valence-corrected chi connectivity index (χ4v) is 3.88. The van der Waals surface area contributed by atoms with Gasteiger partial charge in [0, 0.05) is 12.0 Å². The summed E-state index contributed by atoms with van der Waals surface area (Å²) in [5.41, 5.74) is 1.72. The molecule has 0 bridgehead atoms. The molecule has 1 nitrogen and oxygen atoms in total. The maximum absolute atomic E-state index is 5.75. The lowest BCUT2D eigenvalue weighted by atomic mass is 9.51. The summed E-state index contributed by atoms with van der Waals surface area (Å²) in [5, 5.41) is 0. The molecule has 2 heteroatoms. The Kier molecular flexibility index (Phi) is 4.45. The van der Waals surface area contributed by atoms with E-state index < -0.39 is 0 Å². The molecule has 0 unspecified atom stereocenters. The summed E-state index contributed by atoms with van der Waals surface area (Å²) in [7, 11) is 0.788. The Labute approximate surface area is 115 Å². The molecule has 0 heterocycles. The number of hydrogen-bond donors (Lipinski definition) is 0. The Morgan fingerprint density at radius 1 is 0.889 bits per heavy atom. The SMILES string of the molecule is CC(C)(C)C(CO[SiH3])(c1ccccc1)C(C)(C)C. The van der Waals surface area contributed by atoms with Crippen molar-refractivity contribution >= 4 is 10.5 Å². The van der Waals surface area contributed by atoms with Crippen LogP contribution in [0.25, 0.3) is 0 Å². The molecule has 0 aromatic heterocycles. The smallest absolute Gasteiger partial charge is 0.146 e. The van der Waals surface area contributed by atoms with Crippen molar-refractivity contribution < 1.29 is 4.43 Å². The van der Waals surface area contributed by atoms with Crippen LogP contribution in [0.1, 0.15) is 47.1 Å². The van der Waals surface area contributed by atoms with Crippen LogP contribution in [-0.2, 0) is 9.84 Å². The first-order valence-corrected chi connectivity index (χ1v) is 7.53. The van der Waals surface area contributed by atoms with Crippen LogP contribution in [0.4, 0.5) is 0 Å². The van der Waals surface area contributed by atoms with E-state index in [1.165, 1.54) is 5.56 Å². The van der Waals surface area contributed by atoms with Crippen molar-refractivity contribution in [2.24, 2.45) is 10.8 Å². The zero-order valence-corrected chi connectivity index (χ0v) is 15.0. The average Bonchev–Trinajstić information content (AvgIpc) is 2.23. The largest absolute Gasteiger partial charge is 0.427 e. The Morgan fingerprint density at radius 2 is 1.33 bits per heavy atom. The molecule has 0 aliphatic carbocycles. The van der Waals surface area contributed by atoms with Gasteiger partial charge in [0.15, 0.2) is 0 Å². The topological polar surface area (TPSA) is 9.23 Å². The molecule has 0 radical (unpaired) electrons. The van der Waals surface area contributed by atoms with Crippen LogP contribution in [0.3, 0.4) is 0 Å². The fourth-order valence-electron chi connectivity index (χ4n) is 3.45. The number of hydrogen-bond acceptors (Lipinski definition) is 1. The van der Waals surface area contributed by atoms with Gasteiger partial charge in [-0.1, -0.05) is 71.9 Å². The van der Waals surface area contributed by atoms with Crippen LogP contribution in [0.2, 0.25) is 0 Å². The van der Waals surface area contributed by atoms with Crippen molar-refractivity contribution in [2.75, 3.05) is 6.61 Å². The summed E-state index contributed by atoms with van der Waals surface area (Å²) < 4.78 is 5.75. The third-order valence-corrected chi connectivity index (χ3v) is 4.48. The van der Waals surface area contributed by atoms with Gasteiger partial charge < -0.3 is 4.43 Å². The number of benzene rings is 1. The maximum atomic E-state index is 5.75. The van der Waals surface area contributed by atoms with Gasteiger partial charge in [-0.05, 0) is 16.4 Å². The van der Waals surface area contributed by atoms with Gasteiger partial charge in [0.25, 0.3) is 0 Å². The average molecular weight is 264 g/mol. The maximum Gasteiger partial charge on any atom is 0.146 e. The van der Waals surface area contributed by atoms with Crippen LogP contribution < -0.4 is 0 Å². The minimum atomic E-state index is 0.0308. The predicted molar refractivity (Wildman–Crippen MR) is 82.9 cm³/mol. The van der Waals surface area contributed by atoms with Crippen molar-refractivity contribution in [3.05, 3.63) is 35.9 Å². The Bertz CT molecular complexity index is 356. The van der Waals surface area contributed by atoms with Gasteiger partial charge in [-0.2, -0.15) is 0 Å². The second-order valence-electron chi connectivity index (χ2n) is 7.20. The predicted octanol–water partition coefficient (Wildman–Crippen LogP) is 3.31. The summed E-state index contributed by atoms with van der Waals surface area (Å²) in [4.78, 5) is 0. The van der Waals surface area contributed by atoms with Gasteiger partial charge in [0.2, 0.25) is 0 Å². The van der Waals surface area contributed by atoms with Gasteiger partial charge in [-0.25, -0.2) is 0 Å². The molecule has 0 saturated heterocycles. The van der Waals surface area contributed by atoms with Crippen molar-refractivity contribution in [3.8, 4) is 0 Å². The first-order valence-electron chi connectivity index (χ1n) is 6.71. The highest BCUT2D eigenvalue weighted by molar-refractivity contribution is 5.98. The summed E-state index contributed by atoms with van der Waals surface area (Å²) in [6, 6.07) is 10.8. The molecule has 0 spiro atoms. The highest BCUT2D eigenvalue weighted by Gasteiger charge is 2.51. The lowest BCUT2D eigenvalue weighted by Gasteiger charge is -2.54. The highest BCUT2D eigenvalue weighted by atomic mass is 28.2. The molecule has 0 saturated carbocycles. The van der Waals surface area contributed by atoms with Gasteiger partial charge in [-0.15, -0.1) is 0 Å². The molecule has 1 rings (SSSR count). The van der Waals surface area contributed by atoms with Crippen LogP contribution in [0.15, 0.2) is 30.3 Å². The monoisotopic (exact) mass is 264 g/mol. The van der Waals surface area contributed by atoms with E-state index in [1.54, 1.807) is 0 Å². The van der Waals surface area contributed by atoms with E-state index in [-0.39, 0.29) is 16.2 Å². The quantitative estimate of drug-likeness (QED) is 0.761. The van der Waals surface area contributed by atoms with Gasteiger partial charge in [0.1, 0.15) is 10.5 Å². The van der Waals surface area contributed by atoms with Crippen LogP contribution in [0, 0.1) is 10.8 Å². The van der Waals surface area contributed by atoms with E-state index in [9.17, 15) is 0 Å². The third-order valence-electron chi connectivity index (χ3n) is 4.19. The molecule has 0 atom stereocenters. The normalized spacial score (nSPS) is 13.9. The van der Waals surface area contributed by atoms with Crippen LogP contribution in [0.5, 0.6) is 0 Å². The molecular weight excluding hydrogens is 236 g/mol. The molecule has 0 fully saturated rings. The van der Waals surface area contributed by atoms with Crippen molar-refractivity contribution in [1.29, 1.82) is 0 Å². The minimum Gasteiger partial charge on any atom is -0.427 e. The minimum absolute atomic E-state index is 0.0308. The molecule has 102 valence electrons. The Hall–Kier alpha value is -0.603. The van der Waals surface area contributed by atoms with Gasteiger partial charge in [0.05, 0.1) is 0 Å². The van der Waals surface area contributed by atoms with Gasteiger partial charge in [-0.3, -0.25) is 0 Å². The van der Waals surface area contributed by atoms with Crippen molar-refractivity contribution in [2.45, 2.75) is 47.0 Å². The Balaban J connectivity index is 3.50. The lowest BCUT2D eigenvalue weighted by molar-refractivity contribution is 0.00870. The first kappa shape index (κ1) is 15.5. The van der Waals surface area contributed by atoms with Crippen LogP contribution >= 0.6 is 0 Å². The summed E-state index contributed by atoms with van der Waals surface area (Å²) in [6.45, 7) is 14.8. The first-order chi connectivity index (χ1) is 8.17. The third kappa shape index (κ3) is 2.55. The zero-order valence-electron chi connectivity index (χ0n) is 13.0. The van der Waals surface area contributed by atoms with E-state index in [0.717, 1.165) is 17.1 Å².